The van der Waals surface area contributed by atoms with Crippen LogP contribution in [0.1, 0.15) is 79.0 Å². The third kappa shape index (κ3) is 7.63. The molecule has 0 saturated carbocycles. The number of hydrogen-bond donors (Lipinski definition) is 0. The number of rotatable bonds is 6. The molecule has 306 valence electrons. The number of nitrogens with zero attached hydrogens (tertiary/aromatic N) is 5. The fraction of sp³-hybridized carbons (Fsp3) is 0.226. The molecule has 60 heavy (non-hydrogen) atoms. The molecule has 0 spiro atoms. The molecule has 0 radical (unpaired) electrons. The molecule has 6 nitrogen and oxygen atoms in total. The second-order valence-electron chi connectivity index (χ2n) is 18.6. The minimum Gasteiger partial charge on any atom is -0.509 e. The van der Waals surface area contributed by atoms with Gasteiger partial charge in [-0.25, -0.2) is 9.97 Å². The predicted octanol–water partition coefficient (Wildman–Crippen LogP) is 13.9. The first-order valence-electron chi connectivity index (χ1n) is 20.4. The zero-order valence-corrected chi connectivity index (χ0v) is 38.0. The molecule has 8 aromatic rings. The first-order valence-corrected chi connectivity index (χ1v) is 20.4. The number of pyridine rings is 2. The average Bonchev–Trinajstić information content (AvgIpc) is 3.77. The second kappa shape index (κ2) is 15.4. The quantitative estimate of drug-likeness (QED) is 0.155. The summed E-state index contributed by atoms with van der Waals surface area (Å²) in [5.41, 5.74) is 10.8. The van der Waals surface area contributed by atoms with Gasteiger partial charge in [0.2, 0.25) is 0 Å². The topological polar surface area (TPSA) is 46.4 Å². The molecule has 5 aromatic carbocycles. The van der Waals surface area contributed by atoms with Gasteiger partial charge in [0, 0.05) is 61.7 Å². The normalized spacial score (nSPS) is 13.2. The zero-order chi connectivity index (χ0) is 41.3. The molecule has 7 heteroatoms. The van der Waals surface area contributed by atoms with Crippen LogP contribution >= 0.6 is 0 Å². The monoisotopic (exact) mass is 967 g/mol. The summed E-state index contributed by atoms with van der Waals surface area (Å²) in [4.78, 5) is 14.3. The molecule has 0 atom stereocenters. The summed E-state index contributed by atoms with van der Waals surface area (Å²) in [7, 11) is 0. The standard InChI is InChI=1S/C53H50N5O.Pt/c1-51(2,3)36-24-26-54-48(31-36)58-46-21-14-13-20-44(46)45-23-22-42(33-47(45)58)59-41-19-15-18-39(32-41)57-34-56(40-29-37(52(4,5)6)28-38(30-40)53(7,8)9)49-43(25-27-55-50(49)57)35-16-11-10-12-17-35;/h10-31,34H,1-9H3;/q-3;. The number of anilines is 4. The summed E-state index contributed by atoms with van der Waals surface area (Å²) in [5.74, 6) is 2.84. The van der Waals surface area contributed by atoms with Gasteiger partial charge < -0.3 is 19.1 Å². The van der Waals surface area contributed by atoms with Crippen molar-refractivity contribution in [1.82, 2.24) is 14.5 Å². The zero-order valence-electron chi connectivity index (χ0n) is 35.7. The van der Waals surface area contributed by atoms with E-state index in [1.165, 1.54) is 16.7 Å². The predicted molar refractivity (Wildman–Crippen MR) is 244 cm³/mol. The third-order valence-electron chi connectivity index (χ3n) is 11.2. The molecule has 0 unspecified atom stereocenters. The van der Waals surface area contributed by atoms with Crippen molar-refractivity contribution >= 4 is 44.7 Å². The number of para-hydroxylation sites is 1. The van der Waals surface area contributed by atoms with E-state index in [1.807, 2.05) is 30.6 Å². The molecule has 0 fully saturated rings. The number of aromatic nitrogens is 3. The first kappa shape index (κ1) is 41.0. The Hall–Kier alpha value is -5.71. The van der Waals surface area contributed by atoms with Gasteiger partial charge in [0.05, 0.1) is 5.69 Å². The van der Waals surface area contributed by atoms with E-state index in [0.717, 1.165) is 61.6 Å². The molecule has 4 heterocycles. The van der Waals surface area contributed by atoms with Gasteiger partial charge in [-0.2, -0.15) is 12.1 Å². The number of fused-ring (bicyclic) bond motifs is 4. The molecular weight excluding hydrogens is 918 g/mol. The molecule has 9 rings (SSSR count). The smallest absolute Gasteiger partial charge is 0.135 e. The van der Waals surface area contributed by atoms with Crippen molar-refractivity contribution in [3.05, 3.63) is 169 Å². The van der Waals surface area contributed by atoms with Crippen LogP contribution in [0.15, 0.2) is 134 Å². The Morgan fingerprint density at radius 3 is 1.95 bits per heavy atom. The molecular formula is C53H50N5OPt-3. The molecule has 1 aliphatic heterocycles. The summed E-state index contributed by atoms with van der Waals surface area (Å²) in [6.45, 7) is 22.5. The maximum Gasteiger partial charge on any atom is 0.135 e. The van der Waals surface area contributed by atoms with Gasteiger partial charge in [-0.1, -0.05) is 128 Å². The minimum atomic E-state index is -0.0454. The fourth-order valence-corrected chi connectivity index (χ4v) is 7.86. The Balaban J connectivity index is 0.00000499. The molecule has 1 aliphatic rings. The van der Waals surface area contributed by atoms with E-state index in [4.69, 9.17) is 14.7 Å². The van der Waals surface area contributed by atoms with Crippen LogP contribution in [0.25, 0.3) is 38.8 Å². The van der Waals surface area contributed by atoms with Crippen molar-refractivity contribution in [1.29, 1.82) is 0 Å². The van der Waals surface area contributed by atoms with Crippen molar-refractivity contribution in [2.24, 2.45) is 0 Å². The van der Waals surface area contributed by atoms with Crippen molar-refractivity contribution in [3.63, 3.8) is 0 Å². The number of hydrogen-bond acceptors (Lipinski definition) is 5. The van der Waals surface area contributed by atoms with E-state index in [-0.39, 0.29) is 37.3 Å². The molecule has 3 aromatic heterocycles. The van der Waals surface area contributed by atoms with Crippen LogP contribution in [0.5, 0.6) is 11.5 Å². The number of ether oxygens (including phenoxy) is 1. The van der Waals surface area contributed by atoms with Gasteiger partial charge in [-0.15, -0.1) is 42.4 Å². The van der Waals surface area contributed by atoms with Crippen LogP contribution in [-0.2, 0) is 37.3 Å². The van der Waals surface area contributed by atoms with Crippen LogP contribution in [0.4, 0.5) is 22.9 Å². The minimum absolute atomic E-state index is 0. The maximum atomic E-state index is 6.63. The Bertz CT molecular complexity index is 2830. The van der Waals surface area contributed by atoms with Crippen molar-refractivity contribution in [3.8, 4) is 28.4 Å². The summed E-state index contributed by atoms with van der Waals surface area (Å²) in [6.07, 6.45) is 3.79. The van der Waals surface area contributed by atoms with Gasteiger partial charge >= 0.3 is 0 Å². The first-order chi connectivity index (χ1) is 28.1. The Kier molecular flexibility index (Phi) is 10.5. The van der Waals surface area contributed by atoms with Crippen LogP contribution in [0.3, 0.4) is 0 Å². The van der Waals surface area contributed by atoms with E-state index < -0.39 is 0 Å². The third-order valence-corrected chi connectivity index (χ3v) is 11.2. The molecule has 0 aliphatic carbocycles. The van der Waals surface area contributed by atoms with E-state index in [1.54, 1.807) is 0 Å². The summed E-state index contributed by atoms with van der Waals surface area (Å²) >= 11 is 0. The molecule has 0 bridgehead atoms. The maximum absolute atomic E-state index is 6.63. The van der Waals surface area contributed by atoms with Gasteiger partial charge in [0.25, 0.3) is 0 Å². The largest absolute Gasteiger partial charge is 0.509 e. The van der Waals surface area contributed by atoms with Crippen LogP contribution in [0, 0.1) is 18.8 Å². The van der Waals surface area contributed by atoms with Crippen molar-refractivity contribution in [2.75, 3.05) is 9.80 Å². The van der Waals surface area contributed by atoms with Crippen LogP contribution < -0.4 is 14.5 Å². The van der Waals surface area contributed by atoms with E-state index in [2.05, 4.69) is 199 Å². The van der Waals surface area contributed by atoms with Gasteiger partial charge in [-0.05, 0) is 80.3 Å². The Morgan fingerprint density at radius 2 is 1.23 bits per heavy atom. The summed E-state index contributed by atoms with van der Waals surface area (Å²) in [5, 5.41) is 2.22. The van der Waals surface area contributed by atoms with Crippen molar-refractivity contribution in [2.45, 2.75) is 78.6 Å². The van der Waals surface area contributed by atoms with E-state index in [0.29, 0.717) is 11.5 Å². The summed E-state index contributed by atoms with van der Waals surface area (Å²) in [6, 6.07) is 49.7. The number of benzene rings is 5. The van der Waals surface area contributed by atoms with Gasteiger partial charge in [0.15, 0.2) is 0 Å². The van der Waals surface area contributed by atoms with Crippen LogP contribution in [-0.4, -0.2) is 14.5 Å². The van der Waals surface area contributed by atoms with E-state index in [9.17, 15) is 0 Å². The van der Waals surface area contributed by atoms with Gasteiger partial charge in [0.1, 0.15) is 11.6 Å². The molecule has 0 N–H and O–H groups in total. The van der Waals surface area contributed by atoms with E-state index >= 15 is 0 Å². The van der Waals surface area contributed by atoms with Crippen LogP contribution in [0.2, 0.25) is 0 Å². The SMILES string of the molecule is CC(C)(C)c1cc(N2[CH-]N(c3[c-]c(Oc4[c-]c5c(cc4)c4ccccc4n5-c4cc(C(C)(C)C)ccn4)ccc3)c3nccc(-c4ccccc4)c32)cc(C(C)(C)C)c1.[Pt]. The average molecular weight is 968 g/mol. The molecule has 0 saturated heterocycles. The van der Waals surface area contributed by atoms with Gasteiger partial charge in [-0.3, -0.25) is 0 Å². The second-order valence-corrected chi connectivity index (χ2v) is 18.6. The molecule has 0 amide bonds. The summed E-state index contributed by atoms with van der Waals surface area (Å²) < 4.78 is 8.82. The Labute approximate surface area is 369 Å². The fourth-order valence-electron chi connectivity index (χ4n) is 7.86. The van der Waals surface area contributed by atoms with Crippen molar-refractivity contribution < 1.29 is 25.8 Å². The Morgan fingerprint density at radius 1 is 0.567 bits per heavy atom.